The number of hydrazine groups is 1. The molecule has 1 unspecified atom stereocenters. The van der Waals surface area contributed by atoms with Crippen LogP contribution in [0.15, 0.2) is 36.4 Å². The molecule has 9 heteroatoms. The summed E-state index contributed by atoms with van der Waals surface area (Å²) in [6, 6.07) is 6.12. The summed E-state index contributed by atoms with van der Waals surface area (Å²) >= 11 is 0. The molecule has 138 valence electrons. The molecule has 0 aliphatic carbocycles. The van der Waals surface area contributed by atoms with E-state index in [1.165, 1.54) is 32.0 Å². The van der Waals surface area contributed by atoms with Crippen molar-refractivity contribution in [2.75, 3.05) is 0 Å². The van der Waals surface area contributed by atoms with Gasteiger partial charge in [-0.15, -0.1) is 0 Å². The van der Waals surface area contributed by atoms with Gasteiger partial charge in [0.15, 0.2) is 6.04 Å². The number of hydrogen-bond donors (Lipinski definition) is 1. The Morgan fingerprint density at radius 2 is 1.92 bits per heavy atom. The van der Waals surface area contributed by atoms with E-state index < -0.39 is 34.3 Å². The number of non-ortho nitro benzene ring substituents is 1. The van der Waals surface area contributed by atoms with Gasteiger partial charge in [0.25, 0.3) is 5.69 Å². The topological polar surface area (TPSA) is 75.5 Å². The van der Waals surface area contributed by atoms with Gasteiger partial charge in [-0.05, 0) is 30.2 Å². The fourth-order valence-electron chi connectivity index (χ4n) is 3.33. The number of carbonyl (C=O) groups excluding carboxylic acids is 1. The summed E-state index contributed by atoms with van der Waals surface area (Å²) in [5, 5.41) is 12.6. The van der Waals surface area contributed by atoms with Crippen LogP contribution in [0.1, 0.15) is 31.9 Å². The number of amides is 1. The van der Waals surface area contributed by atoms with Crippen LogP contribution in [-0.4, -0.2) is 27.6 Å². The Kier molecular flexibility index (Phi) is 4.14. The minimum atomic E-state index is -4.76. The number of rotatable bonds is 3. The number of nitro benzene ring substituents is 1. The summed E-state index contributed by atoms with van der Waals surface area (Å²) in [6.07, 6.45) is -4.86. The number of hydrogen-bond acceptors (Lipinski definition) is 4. The highest BCUT2D eigenvalue weighted by atomic mass is 19.4. The zero-order valence-electron chi connectivity index (χ0n) is 14.0. The third kappa shape index (κ3) is 3.10. The molecule has 1 atom stereocenters. The van der Waals surface area contributed by atoms with E-state index in [0.29, 0.717) is 5.39 Å². The van der Waals surface area contributed by atoms with Crippen LogP contribution < -0.4 is 5.43 Å². The lowest BCUT2D eigenvalue weighted by molar-refractivity contribution is -0.384. The maximum absolute atomic E-state index is 14.0. The molecule has 0 aromatic heterocycles. The zero-order valence-corrected chi connectivity index (χ0v) is 14.0. The fourth-order valence-corrected chi connectivity index (χ4v) is 3.33. The van der Waals surface area contributed by atoms with Gasteiger partial charge in [0.2, 0.25) is 5.91 Å². The van der Waals surface area contributed by atoms with Crippen LogP contribution in [0.5, 0.6) is 0 Å². The van der Waals surface area contributed by atoms with Crippen molar-refractivity contribution in [3.63, 3.8) is 0 Å². The van der Waals surface area contributed by atoms with Gasteiger partial charge in [0.1, 0.15) is 0 Å². The van der Waals surface area contributed by atoms with Gasteiger partial charge in [0, 0.05) is 24.1 Å². The van der Waals surface area contributed by atoms with Crippen molar-refractivity contribution in [1.29, 1.82) is 0 Å². The Balaban J connectivity index is 2.28. The summed E-state index contributed by atoms with van der Waals surface area (Å²) in [5.74, 6) is -0.529. The Labute approximate surface area is 146 Å². The van der Waals surface area contributed by atoms with E-state index in [0.717, 1.165) is 11.1 Å². The predicted molar refractivity (Wildman–Crippen MR) is 88.1 cm³/mol. The van der Waals surface area contributed by atoms with E-state index in [2.05, 4.69) is 5.43 Å². The summed E-state index contributed by atoms with van der Waals surface area (Å²) < 4.78 is 42.1. The van der Waals surface area contributed by atoms with Crippen molar-refractivity contribution in [2.24, 2.45) is 0 Å². The van der Waals surface area contributed by atoms with Gasteiger partial charge in [-0.3, -0.25) is 20.3 Å². The van der Waals surface area contributed by atoms with Crippen LogP contribution >= 0.6 is 0 Å². The first-order valence-electron chi connectivity index (χ1n) is 7.83. The Bertz CT molecular complexity index is 896. The molecule has 6 nitrogen and oxygen atoms in total. The highest BCUT2D eigenvalue weighted by Gasteiger charge is 2.53. The van der Waals surface area contributed by atoms with Crippen molar-refractivity contribution < 1.29 is 22.9 Å². The molecule has 26 heavy (non-hydrogen) atoms. The molecule has 1 fully saturated rings. The van der Waals surface area contributed by atoms with Crippen LogP contribution in [0.25, 0.3) is 10.8 Å². The molecule has 3 rings (SSSR count). The average Bonchev–Trinajstić information content (AvgIpc) is 2.78. The van der Waals surface area contributed by atoms with Crippen molar-refractivity contribution in [1.82, 2.24) is 10.4 Å². The van der Waals surface area contributed by atoms with Crippen LogP contribution in [-0.2, 0) is 4.79 Å². The average molecular weight is 367 g/mol. The second kappa shape index (κ2) is 5.94. The second-order valence-corrected chi connectivity index (χ2v) is 6.85. The smallest absolute Gasteiger partial charge is 0.287 e. The van der Waals surface area contributed by atoms with Gasteiger partial charge < -0.3 is 0 Å². The molecule has 1 aliphatic rings. The maximum atomic E-state index is 14.0. The number of fused-ring (bicyclic) bond motifs is 1. The number of nitro groups is 1. The lowest BCUT2D eigenvalue weighted by Gasteiger charge is -2.38. The van der Waals surface area contributed by atoms with Crippen LogP contribution in [0.4, 0.5) is 18.9 Å². The first-order valence-corrected chi connectivity index (χ1v) is 7.83. The summed E-state index contributed by atoms with van der Waals surface area (Å²) in [6.45, 7) is 3.03. The Hall–Kier alpha value is -2.68. The van der Waals surface area contributed by atoms with E-state index in [1.807, 2.05) is 0 Å². The molecule has 1 aliphatic heterocycles. The molecule has 0 saturated carbocycles. The first-order chi connectivity index (χ1) is 12.0. The normalized spacial score (nSPS) is 18.7. The highest BCUT2D eigenvalue weighted by molar-refractivity contribution is 5.88. The van der Waals surface area contributed by atoms with E-state index >= 15 is 0 Å². The largest absolute Gasteiger partial charge is 0.409 e. The molecule has 1 heterocycles. The SMILES string of the molecule is CC1(C)CC(=O)NN1C(c1cc([N+](=O)[O-])cc2ccccc12)C(F)(F)F. The maximum Gasteiger partial charge on any atom is 0.409 e. The summed E-state index contributed by atoms with van der Waals surface area (Å²) in [5.41, 5.74) is 0.459. The van der Waals surface area contributed by atoms with Gasteiger partial charge in [-0.25, -0.2) is 0 Å². The zero-order chi connectivity index (χ0) is 19.3. The van der Waals surface area contributed by atoms with E-state index in [1.54, 1.807) is 12.1 Å². The van der Waals surface area contributed by atoms with Crippen molar-refractivity contribution in [2.45, 2.75) is 38.0 Å². The lowest BCUT2D eigenvalue weighted by Crippen LogP contribution is -2.51. The van der Waals surface area contributed by atoms with Crippen LogP contribution in [0, 0.1) is 10.1 Å². The molecule has 1 amide bonds. The number of benzene rings is 2. The molecule has 1 N–H and O–H groups in total. The monoisotopic (exact) mass is 367 g/mol. The number of nitrogens with zero attached hydrogens (tertiary/aromatic N) is 2. The van der Waals surface area contributed by atoms with Crippen molar-refractivity contribution >= 4 is 22.4 Å². The predicted octanol–water partition coefficient (Wildman–Crippen LogP) is 3.87. The fraction of sp³-hybridized carbons (Fsp3) is 0.353. The molecular weight excluding hydrogens is 351 g/mol. The number of alkyl halides is 3. The summed E-state index contributed by atoms with van der Waals surface area (Å²) in [7, 11) is 0. The number of nitrogens with one attached hydrogen (secondary N) is 1. The third-order valence-electron chi connectivity index (χ3n) is 4.44. The first kappa shape index (κ1) is 18.1. The quantitative estimate of drug-likeness (QED) is 0.660. The summed E-state index contributed by atoms with van der Waals surface area (Å²) in [4.78, 5) is 22.2. The molecule has 2 aromatic carbocycles. The lowest BCUT2D eigenvalue weighted by atomic mass is 9.93. The van der Waals surface area contributed by atoms with Crippen LogP contribution in [0.2, 0.25) is 0 Å². The number of halogens is 3. The van der Waals surface area contributed by atoms with Crippen molar-refractivity contribution in [3.05, 3.63) is 52.1 Å². The highest BCUT2D eigenvalue weighted by Crippen LogP contribution is 2.45. The second-order valence-electron chi connectivity index (χ2n) is 6.85. The standard InChI is InChI=1S/C17H16F3N3O3/c1-16(2)9-14(24)21-22(16)15(17(18,19)20)13-8-11(23(25)26)7-10-5-3-4-6-12(10)13/h3-8,15H,9H2,1-2H3,(H,21,24). The minimum absolute atomic E-state index is 0.105. The van der Waals surface area contributed by atoms with Gasteiger partial charge in [-0.1, -0.05) is 24.3 Å². The Morgan fingerprint density at radius 3 is 2.46 bits per heavy atom. The van der Waals surface area contributed by atoms with Gasteiger partial charge >= 0.3 is 6.18 Å². The minimum Gasteiger partial charge on any atom is -0.287 e. The van der Waals surface area contributed by atoms with E-state index in [4.69, 9.17) is 0 Å². The molecule has 0 radical (unpaired) electrons. The molecule has 0 bridgehead atoms. The van der Waals surface area contributed by atoms with Gasteiger partial charge in [0.05, 0.1) is 4.92 Å². The van der Waals surface area contributed by atoms with Gasteiger partial charge in [-0.2, -0.15) is 18.2 Å². The number of carbonyl (C=O) groups is 1. The Morgan fingerprint density at radius 1 is 1.27 bits per heavy atom. The third-order valence-corrected chi connectivity index (χ3v) is 4.44. The molecule has 0 spiro atoms. The van der Waals surface area contributed by atoms with E-state index in [-0.39, 0.29) is 17.4 Å². The van der Waals surface area contributed by atoms with E-state index in [9.17, 15) is 28.1 Å². The van der Waals surface area contributed by atoms with Crippen LogP contribution in [0.3, 0.4) is 0 Å². The molecule has 1 saturated heterocycles. The molecular formula is C17H16F3N3O3. The molecule has 2 aromatic rings. The van der Waals surface area contributed by atoms with Crippen molar-refractivity contribution in [3.8, 4) is 0 Å².